The van der Waals surface area contributed by atoms with Crippen LogP contribution in [0.4, 0.5) is 0 Å². The van der Waals surface area contributed by atoms with Gasteiger partial charge in [-0.25, -0.2) is 0 Å². The molecule has 0 aliphatic rings. The molecular formula is C16H23N3O. The van der Waals surface area contributed by atoms with E-state index in [1.807, 2.05) is 51.0 Å². The predicted molar refractivity (Wildman–Crippen MR) is 82.6 cm³/mol. The van der Waals surface area contributed by atoms with Gasteiger partial charge in [0.15, 0.2) is 0 Å². The van der Waals surface area contributed by atoms with E-state index in [-0.39, 0.29) is 11.9 Å². The van der Waals surface area contributed by atoms with Gasteiger partial charge in [-0.05, 0) is 45.6 Å². The van der Waals surface area contributed by atoms with Gasteiger partial charge in [-0.15, -0.1) is 0 Å². The van der Waals surface area contributed by atoms with Gasteiger partial charge < -0.3 is 16.0 Å². The van der Waals surface area contributed by atoms with Gasteiger partial charge in [-0.3, -0.25) is 4.79 Å². The highest BCUT2D eigenvalue weighted by Crippen LogP contribution is 2.11. The second kappa shape index (κ2) is 7.68. The summed E-state index contributed by atoms with van der Waals surface area (Å²) in [5, 5.41) is 3.00. The molecule has 1 amide bonds. The van der Waals surface area contributed by atoms with E-state index in [0.717, 1.165) is 17.7 Å². The van der Waals surface area contributed by atoms with Crippen molar-refractivity contribution in [2.75, 3.05) is 27.2 Å². The molecule has 0 fully saturated rings. The Morgan fingerprint density at radius 1 is 1.45 bits per heavy atom. The molecule has 0 radical (unpaired) electrons. The van der Waals surface area contributed by atoms with Crippen molar-refractivity contribution in [2.45, 2.75) is 19.9 Å². The van der Waals surface area contributed by atoms with E-state index >= 15 is 0 Å². The molecule has 0 saturated carbocycles. The van der Waals surface area contributed by atoms with Gasteiger partial charge in [0.25, 0.3) is 5.91 Å². The lowest BCUT2D eigenvalue weighted by atomic mass is 10.0. The third-order valence-electron chi connectivity index (χ3n) is 2.83. The number of nitrogens with two attached hydrogens (primary N) is 1. The summed E-state index contributed by atoms with van der Waals surface area (Å²) < 4.78 is 0. The summed E-state index contributed by atoms with van der Waals surface area (Å²) >= 11 is 0. The van der Waals surface area contributed by atoms with Crippen LogP contribution in [0, 0.1) is 18.8 Å². The second-order valence-corrected chi connectivity index (χ2v) is 5.17. The fraction of sp³-hybridized carbons (Fsp3) is 0.438. The molecule has 0 aromatic heterocycles. The van der Waals surface area contributed by atoms with E-state index in [9.17, 15) is 4.79 Å². The van der Waals surface area contributed by atoms with Crippen LogP contribution in [0.1, 0.15) is 28.4 Å². The zero-order valence-corrected chi connectivity index (χ0v) is 12.7. The van der Waals surface area contributed by atoms with Crippen LogP contribution >= 0.6 is 0 Å². The first-order valence-electron chi connectivity index (χ1n) is 6.69. The number of benzene rings is 1. The summed E-state index contributed by atoms with van der Waals surface area (Å²) in [7, 11) is 3.97. The Morgan fingerprint density at radius 3 is 2.75 bits per heavy atom. The summed E-state index contributed by atoms with van der Waals surface area (Å²) in [6.45, 7) is 5.03. The molecule has 4 nitrogen and oxygen atoms in total. The van der Waals surface area contributed by atoms with Gasteiger partial charge in [0.2, 0.25) is 0 Å². The Bertz CT molecular complexity index is 526. The second-order valence-electron chi connectivity index (χ2n) is 5.17. The Morgan fingerprint density at radius 2 is 2.15 bits per heavy atom. The van der Waals surface area contributed by atoms with Gasteiger partial charge in [0.1, 0.15) is 0 Å². The Hall–Kier alpha value is -1.83. The minimum atomic E-state index is -0.0618. The summed E-state index contributed by atoms with van der Waals surface area (Å²) in [5.41, 5.74) is 7.78. The molecule has 0 spiro atoms. The van der Waals surface area contributed by atoms with Crippen LogP contribution in [0.2, 0.25) is 0 Å². The minimum Gasteiger partial charge on any atom is -0.348 e. The van der Waals surface area contributed by atoms with E-state index in [0.29, 0.717) is 12.1 Å². The first kappa shape index (κ1) is 16.2. The lowest BCUT2D eigenvalue weighted by Gasteiger charge is -2.19. The maximum Gasteiger partial charge on any atom is 0.251 e. The van der Waals surface area contributed by atoms with E-state index in [1.54, 1.807) is 0 Å². The molecule has 0 aliphatic carbocycles. The zero-order valence-electron chi connectivity index (χ0n) is 12.7. The molecule has 4 heteroatoms. The Labute approximate surface area is 121 Å². The van der Waals surface area contributed by atoms with E-state index < -0.39 is 0 Å². The van der Waals surface area contributed by atoms with E-state index in [4.69, 9.17) is 5.73 Å². The highest BCUT2D eigenvalue weighted by atomic mass is 16.1. The molecule has 3 N–H and O–H groups in total. The van der Waals surface area contributed by atoms with Crippen molar-refractivity contribution < 1.29 is 4.79 Å². The van der Waals surface area contributed by atoms with Gasteiger partial charge in [0.05, 0.1) is 6.54 Å². The minimum absolute atomic E-state index is 0.0618. The highest BCUT2D eigenvalue weighted by Gasteiger charge is 2.13. The van der Waals surface area contributed by atoms with Crippen LogP contribution in [-0.4, -0.2) is 44.0 Å². The standard InChI is InChI=1S/C16H23N3O/c1-12-7-8-14(6-5-9-17)10-15(12)16(20)18-13(2)11-19(3)4/h7-8,10,13H,9,11,17H2,1-4H3,(H,18,20). The maximum absolute atomic E-state index is 12.3. The van der Waals surface area contributed by atoms with Crippen LogP contribution in [-0.2, 0) is 0 Å². The largest absolute Gasteiger partial charge is 0.348 e. The normalized spacial score (nSPS) is 11.7. The summed E-state index contributed by atoms with van der Waals surface area (Å²) in [6.07, 6.45) is 0. The molecule has 1 atom stereocenters. The lowest BCUT2D eigenvalue weighted by molar-refractivity contribution is 0.0933. The number of nitrogens with zero attached hydrogens (tertiary/aromatic N) is 1. The van der Waals surface area contributed by atoms with Crippen LogP contribution in [0.5, 0.6) is 0 Å². The molecule has 0 bridgehead atoms. The Kier molecular flexibility index (Phi) is 6.23. The van der Waals surface area contributed by atoms with Gasteiger partial charge in [-0.2, -0.15) is 0 Å². The molecule has 0 saturated heterocycles. The van der Waals surface area contributed by atoms with Crippen molar-refractivity contribution in [1.29, 1.82) is 0 Å². The SMILES string of the molecule is Cc1ccc(C#CCN)cc1C(=O)NC(C)CN(C)C. The van der Waals surface area contributed by atoms with E-state index in [1.165, 1.54) is 0 Å². The van der Waals surface area contributed by atoms with E-state index in [2.05, 4.69) is 17.2 Å². The average Bonchev–Trinajstić information content (AvgIpc) is 2.36. The number of carbonyl (C=O) groups excluding carboxylic acids is 1. The summed E-state index contributed by atoms with van der Waals surface area (Å²) in [6, 6.07) is 5.72. The van der Waals surface area contributed by atoms with Crippen LogP contribution < -0.4 is 11.1 Å². The molecule has 0 aliphatic heterocycles. The molecule has 1 aromatic carbocycles. The molecule has 20 heavy (non-hydrogen) atoms. The fourth-order valence-electron chi connectivity index (χ4n) is 1.99. The predicted octanol–water partition coefficient (Wildman–Crippen LogP) is 0.985. The topological polar surface area (TPSA) is 58.4 Å². The zero-order chi connectivity index (χ0) is 15.1. The third-order valence-corrected chi connectivity index (χ3v) is 2.83. The number of aryl methyl sites for hydroxylation is 1. The molecule has 1 rings (SSSR count). The van der Waals surface area contributed by atoms with Crippen molar-refractivity contribution in [3.05, 3.63) is 34.9 Å². The number of carbonyl (C=O) groups is 1. The van der Waals surface area contributed by atoms with Crippen molar-refractivity contribution in [1.82, 2.24) is 10.2 Å². The first-order valence-corrected chi connectivity index (χ1v) is 6.69. The Balaban J connectivity index is 2.86. The van der Waals surface area contributed by atoms with Gasteiger partial charge in [0, 0.05) is 23.7 Å². The first-order chi connectivity index (χ1) is 9.43. The van der Waals surface area contributed by atoms with Crippen LogP contribution in [0.3, 0.4) is 0 Å². The number of hydrogen-bond donors (Lipinski definition) is 2. The quantitative estimate of drug-likeness (QED) is 0.804. The van der Waals surface area contributed by atoms with Crippen molar-refractivity contribution >= 4 is 5.91 Å². The molecule has 108 valence electrons. The smallest absolute Gasteiger partial charge is 0.251 e. The summed E-state index contributed by atoms with van der Waals surface area (Å²) in [5.74, 6) is 5.68. The van der Waals surface area contributed by atoms with Crippen molar-refractivity contribution in [3.63, 3.8) is 0 Å². The molecule has 1 unspecified atom stereocenters. The van der Waals surface area contributed by atoms with Gasteiger partial charge in [-0.1, -0.05) is 17.9 Å². The number of amides is 1. The number of rotatable bonds is 4. The fourth-order valence-corrected chi connectivity index (χ4v) is 1.99. The van der Waals surface area contributed by atoms with Crippen LogP contribution in [0.15, 0.2) is 18.2 Å². The molecular weight excluding hydrogens is 250 g/mol. The van der Waals surface area contributed by atoms with Crippen LogP contribution in [0.25, 0.3) is 0 Å². The number of nitrogens with one attached hydrogen (secondary N) is 1. The van der Waals surface area contributed by atoms with Crippen molar-refractivity contribution in [2.24, 2.45) is 5.73 Å². The average molecular weight is 273 g/mol. The number of likely N-dealkylation sites (N-methyl/N-ethyl adjacent to an activating group) is 1. The molecule has 1 aromatic rings. The third kappa shape index (κ3) is 5.04. The summed E-state index contributed by atoms with van der Waals surface area (Å²) in [4.78, 5) is 14.3. The van der Waals surface area contributed by atoms with Crippen molar-refractivity contribution in [3.8, 4) is 11.8 Å². The maximum atomic E-state index is 12.3. The van der Waals surface area contributed by atoms with Gasteiger partial charge >= 0.3 is 0 Å². The highest BCUT2D eigenvalue weighted by molar-refractivity contribution is 5.96. The molecule has 0 heterocycles. The number of hydrogen-bond acceptors (Lipinski definition) is 3. The lowest BCUT2D eigenvalue weighted by Crippen LogP contribution is -2.39. The monoisotopic (exact) mass is 273 g/mol.